The summed E-state index contributed by atoms with van der Waals surface area (Å²) in [6.45, 7) is 7.75. The molecular formula is C23H31N5O3S. The molecule has 2 aliphatic heterocycles. The predicted octanol–water partition coefficient (Wildman–Crippen LogP) is 3.03. The van der Waals surface area contributed by atoms with E-state index < -0.39 is 5.54 Å². The lowest BCUT2D eigenvalue weighted by Crippen LogP contribution is -2.57. The van der Waals surface area contributed by atoms with Crippen molar-refractivity contribution < 1.29 is 14.4 Å². The molecule has 0 radical (unpaired) electrons. The monoisotopic (exact) mass is 457 g/mol. The largest absolute Gasteiger partial charge is 0.341 e. The van der Waals surface area contributed by atoms with Crippen molar-refractivity contribution in [3.8, 4) is 0 Å². The number of hydrogen-bond acceptors (Lipinski definition) is 5. The Hall–Kier alpha value is -2.68. The Morgan fingerprint density at radius 3 is 2.62 bits per heavy atom. The fourth-order valence-corrected chi connectivity index (χ4v) is 5.68. The summed E-state index contributed by atoms with van der Waals surface area (Å²) in [4.78, 5) is 43.4. The molecule has 0 unspecified atom stereocenters. The van der Waals surface area contributed by atoms with E-state index in [1.165, 1.54) is 4.90 Å². The van der Waals surface area contributed by atoms with E-state index in [1.54, 1.807) is 16.0 Å². The molecule has 0 aromatic carbocycles. The standard InChI is InChI=1S/C23H31N5O3S/c1-16(2)13-23(21(30)28(22(31)24-23)14-19-5-4-12-32-19)18-7-9-26(10-8-18)20(29)15-27-11-6-17(3)25-27/h4-6,11-12,16,18H,7-10,13-15H2,1-3H3,(H,24,31)/t23-/m0/s1. The van der Waals surface area contributed by atoms with Crippen LogP contribution < -0.4 is 5.32 Å². The number of urea groups is 1. The normalized spacial score (nSPS) is 22.1. The topological polar surface area (TPSA) is 87.5 Å². The highest BCUT2D eigenvalue weighted by Crippen LogP contribution is 2.39. The molecule has 0 spiro atoms. The molecule has 2 aliphatic rings. The molecule has 32 heavy (non-hydrogen) atoms. The molecule has 4 amide bonds. The van der Waals surface area contributed by atoms with Crippen LogP contribution in [-0.2, 0) is 22.7 Å². The summed E-state index contributed by atoms with van der Waals surface area (Å²) in [7, 11) is 0. The molecule has 0 bridgehead atoms. The minimum atomic E-state index is -0.892. The van der Waals surface area contributed by atoms with E-state index in [0.29, 0.717) is 38.9 Å². The number of aryl methyl sites for hydroxylation is 1. The molecule has 172 valence electrons. The van der Waals surface area contributed by atoms with Gasteiger partial charge in [-0.05, 0) is 55.5 Å². The number of likely N-dealkylation sites (tertiary alicyclic amines) is 1. The van der Waals surface area contributed by atoms with Gasteiger partial charge in [0.2, 0.25) is 5.91 Å². The second-order valence-corrected chi connectivity index (χ2v) is 10.3. The zero-order valence-electron chi connectivity index (χ0n) is 18.9. The van der Waals surface area contributed by atoms with Gasteiger partial charge < -0.3 is 10.2 Å². The number of nitrogens with one attached hydrogen (secondary N) is 1. The van der Waals surface area contributed by atoms with Crippen molar-refractivity contribution in [2.45, 2.75) is 58.7 Å². The van der Waals surface area contributed by atoms with Crippen molar-refractivity contribution >= 4 is 29.2 Å². The molecule has 4 heterocycles. The molecule has 2 aromatic rings. The van der Waals surface area contributed by atoms with Crippen LogP contribution in [0.2, 0.25) is 0 Å². The zero-order valence-corrected chi connectivity index (χ0v) is 19.7. The SMILES string of the molecule is Cc1ccn(CC(=O)N2CCC([C@]3(CC(C)C)NC(=O)N(Cc4cccs4)C3=O)CC2)n1. The molecule has 8 nitrogen and oxygen atoms in total. The zero-order chi connectivity index (χ0) is 22.9. The lowest BCUT2D eigenvalue weighted by Gasteiger charge is -2.41. The van der Waals surface area contributed by atoms with Gasteiger partial charge in [0.05, 0.1) is 12.2 Å². The van der Waals surface area contributed by atoms with E-state index in [1.807, 2.05) is 41.6 Å². The van der Waals surface area contributed by atoms with E-state index in [4.69, 9.17) is 0 Å². The van der Waals surface area contributed by atoms with Gasteiger partial charge in [0.25, 0.3) is 5.91 Å². The summed E-state index contributed by atoms with van der Waals surface area (Å²) in [5, 5.41) is 9.34. The van der Waals surface area contributed by atoms with Crippen molar-refractivity contribution in [1.29, 1.82) is 0 Å². The molecule has 2 fully saturated rings. The number of carbonyl (C=O) groups is 3. The van der Waals surface area contributed by atoms with E-state index in [2.05, 4.69) is 24.3 Å². The summed E-state index contributed by atoms with van der Waals surface area (Å²) in [5.41, 5.74) is -0.00812. The van der Waals surface area contributed by atoms with Crippen LogP contribution in [0.25, 0.3) is 0 Å². The molecule has 1 atom stereocenters. The highest BCUT2D eigenvalue weighted by molar-refractivity contribution is 7.09. The summed E-state index contributed by atoms with van der Waals surface area (Å²) in [6.07, 6.45) is 3.79. The fourth-order valence-electron chi connectivity index (χ4n) is 4.98. The molecule has 0 aliphatic carbocycles. The molecule has 9 heteroatoms. The van der Waals surface area contributed by atoms with E-state index in [0.717, 1.165) is 10.6 Å². The van der Waals surface area contributed by atoms with Gasteiger partial charge in [-0.2, -0.15) is 5.10 Å². The van der Waals surface area contributed by atoms with Crippen LogP contribution in [0.15, 0.2) is 29.8 Å². The average Bonchev–Trinajstić information content (AvgIpc) is 3.46. The Balaban J connectivity index is 1.45. The van der Waals surface area contributed by atoms with Gasteiger partial charge in [0.15, 0.2) is 0 Å². The van der Waals surface area contributed by atoms with Crippen LogP contribution in [-0.4, -0.2) is 56.1 Å². The number of imide groups is 1. The van der Waals surface area contributed by atoms with E-state index in [-0.39, 0.29) is 36.2 Å². The number of carbonyl (C=O) groups excluding carboxylic acids is 3. The van der Waals surface area contributed by atoms with Crippen LogP contribution in [0.1, 0.15) is 43.7 Å². The number of aromatic nitrogens is 2. The van der Waals surface area contributed by atoms with Gasteiger partial charge >= 0.3 is 6.03 Å². The lowest BCUT2D eigenvalue weighted by atomic mass is 9.73. The maximum atomic E-state index is 13.6. The van der Waals surface area contributed by atoms with Gasteiger partial charge in [-0.3, -0.25) is 19.2 Å². The minimum absolute atomic E-state index is 0.00526. The van der Waals surface area contributed by atoms with Crippen molar-refractivity contribution in [2.75, 3.05) is 13.1 Å². The van der Waals surface area contributed by atoms with Gasteiger partial charge in [0, 0.05) is 24.2 Å². The number of nitrogens with zero attached hydrogens (tertiary/aromatic N) is 4. The molecule has 2 aromatic heterocycles. The second-order valence-electron chi connectivity index (χ2n) is 9.28. The Kier molecular flexibility index (Phi) is 6.37. The number of amides is 4. The smallest absolute Gasteiger partial charge is 0.325 e. The maximum absolute atomic E-state index is 13.6. The molecule has 1 N–H and O–H groups in total. The van der Waals surface area contributed by atoms with E-state index in [9.17, 15) is 14.4 Å². The third-order valence-electron chi connectivity index (χ3n) is 6.44. The summed E-state index contributed by atoms with van der Waals surface area (Å²) >= 11 is 1.54. The lowest BCUT2D eigenvalue weighted by molar-refractivity contribution is -0.137. The number of piperidine rings is 1. The first kappa shape index (κ1) is 22.5. The fraction of sp³-hybridized carbons (Fsp3) is 0.565. The van der Waals surface area contributed by atoms with Gasteiger partial charge in [-0.1, -0.05) is 19.9 Å². The van der Waals surface area contributed by atoms with Crippen LogP contribution in [0, 0.1) is 18.8 Å². The summed E-state index contributed by atoms with van der Waals surface area (Å²) in [6, 6.07) is 5.44. The van der Waals surface area contributed by atoms with Gasteiger partial charge in [0.1, 0.15) is 12.1 Å². The third kappa shape index (κ3) is 4.44. The minimum Gasteiger partial charge on any atom is -0.341 e. The van der Waals surface area contributed by atoms with Crippen LogP contribution >= 0.6 is 11.3 Å². The summed E-state index contributed by atoms with van der Waals surface area (Å²) < 4.78 is 1.66. The Morgan fingerprint density at radius 1 is 1.28 bits per heavy atom. The highest BCUT2D eigenvalue weighted by atomic mass is 32.1. The van der Waals surface area contributed by atoms with Crippen LogP contribution in [0.5, 0.6) is 0 Å². The van der Waals surface area contributed by atoms with Crippen LogP contribution in [0.4, 0.5) is 4.79 Å². The summed E-state index contributed by atoms with van der Waals surface area (Å²) in [5.74, 6) is 0.168. The maximum Gasteiger partial charge on any atom is 0.325 e. The highest BCUT2D eigenvalue weighted by Gasteiger charge is 2.56. The van der Waals surface area contributed by atoms with Gasteiger partial charge in [-0.25, -0.2) is 4.79 Å². The quantitative estimate of drug-likeness (QED) is 0.648. The second kappa shape index (κ2) is 9.05. The first-order valence-electron chi connectivity index (χ1n) is 11.2. The molecule has 4 rings (SSSR count). The van der Waals surface area contributed by atoms with Crippen molar-refractivity contribution in [3.63, 3.8) is 0 Å². The van der Waals surface area contributed by atoms with Crippen molar-refractivity contribution in [2.24, 2.45) is 11.8 Å². The molecular weight excluding hydrogens is 426 g/mol. The first-order valence-corrected chi connectivity index (χ1v) is 12.1. The first-order chi connectivity index (χ1) is 15.3. The molecule has 2 saturated heterocycles. The van der Waals surface area contributed by atoms with E-state index >= 15 is 0 Å². The van der Waals surface area contributed by atoms with Crippen molar-refractivity contribution in [1.82, 2.24) is 24.9 Å². The Labute approximate surface area is 192 Å². The number of rotatable bonds is 7. The predicted molar refractivity (Wildman–Crippen MR) is 122 cm³/mol. The van der Waals surface area contributed by atoms with Gasteiger partial charge in [-0.15, -0.1) is 11.3 Å². The Bertz CT molecular complexity index is 978. The van der Waals surface area contributed by atoms with Crippen molar-refractivity contribution in [3.05, 3.63) is 40.3 Å². The average molecular weight is 458 g/mol. The molecule has 0 saturated carbocycles. The third-order valence-corrected chi connectivity index (χ3v) is 7.30. The van der Waals surface area contributed by atoms with Crippen LogP contribution in [0.3, 0.4) is 0 Å². The number of hydrogen-bond donors (Lipinski definition) is 1. The Morgan fingerprint density at radius 2 is 2.03 bits per heavy atom. The number of thiophene rings is 1.